The van der Waals surface area contributed by atoms with E-state index in [4.69, 9.17) is 14.0 Å². The van der Waals surface area contributed by atoms with Crippen LogP contribution in [0.3, 0.4) is 0 Å². The van der Waals surface area contributed by atoms with Crippen molar-refractivity contribution in [2.24, 2.45) is 0 Å². The minimum atomic E-state index is -0.625. The van der Waals surface area contributed by atoms with Gasteiger partial charge < -0.3 is 14.0 Å². The van der Waals surface area contributed by atoms with Crippen molar-refractivity contribution in [1.82, 2.24) is 10.1 Å². The summed E-state index contributed by atoms with van der Waals surface area (Å²) in [5.41, 5.74) is 2.17. The predicted octanol–water partition coefficient (Wildman–Crippen LogP) is 4.48. The van der Waals surface area contributed by atoms with Crippen molar-refractivity contribution in [2.75, 3.05) is 6.61 Å². The minimum absolute atomic E-state index is 0.176. The highest BCUT2D eigenvalue weighted by atomic mass is 16.6. The van der Waals surface area contributed by atoms with Gasteiger partial charge in [0.1, 0.15) is 5.75 Å². The Kier molecular flexibility index (Phi) is 6.05. The first kappa shape index (κ1) is 19.9. The molecular weight excluding hydrogens is 332 g/mol. The molecule has 0 N–H and O–H groups in total. The first-order valence-corrected chi connectivity index (χ1v) is 8.85. The van der Waals surface area contributed by atoms with Crippen molar-refractivity contribution in [2.45, 2.75) is 65.9 Å². The summed E-state index contributed by atoms with van der Waals surface area (Å²) in [4.78, 5) is 16.3. The lowest BCUT2D eigenvalue weighted by Gasteiger charge is -2.13. The van der Waals surface area contributed by atoms with Crippen LogP contribution in [0.1, 0.15) is 76.4 Å². The fourth-order valence-electron chi connectivity index (χ4n) is 2.51. The largest absolute Gasteiger partial charge is 0.482 e. The third-order valence-electron chi connectivity index (χ3n) is 3.99. The number of rotatable bonds is 6. The molecule has 0 aliphatic heterocycles. The maximum Gasteiger partial charge on any atom is 0.344 e. The molecule has 0 bridgehead atoms. The van der Waals surface area contributed by atoms with E-state index in [1.165, 1.54) is 5.56 Å². The summed E-state index contributed by atoms with van der Waals surface area (Å²) in [6.07, 6.45) is -0.625. The molecule has 0 amide bonds. The van der Waals surface area contributed by atoms with Gasteiger partial charge in [0, 0.05) is 5.41 Å². The molecule has 0 saturated heterocycles. The second kappa shape index (κ2) is 7.89. The molecule has 6 heteroatoms. The Labute approximate surface area is 154 Å². The number of carbonyl (C=O) groups excluding carboxylic acids is 1. The topological polar surface area (TPSA) is 74.5 Å². The van der Waals surface area contributed by atoms with Crippen LogP contribution in [0.5, 0.6) is 5.75 Å². The molecule has 1 atom stereocenters. The average Bonchev–Trinajstić information content (AvgIpc) is 3.03. The summed E-state index contributed by atoms with van der Waals surface area (Å²) >= 11 is 0. The summed E-state index contributed by atoms with van der Waals surface area (Å²) in [5.74, 6) is 1.46. The summed E-state index contributed by atoms with van der Waals surface area (Å²) in [6.45, 7) is 13.8. The molecule has 1 aromatic carbocycles. The summed E-state index contributed by atoms with van der Waals surface area (Å²) < 4.78 is 16.0. The number of aryl methyl sites for hydroxylation is 1. The van der Waals surface area contributed by atoms with Gasteiger partial charge in [-0.15, -0.1) is 0 Å². The zero-order chi connectivity index (χ0) is 19.5. The molecule has 0 fully saturated rings. The van der Waals surface area contributed by atoms with Gasteiger partial charge in [-0.05, 0) is 43.0 Å². The molecule has 0 spiro atoms. The van der Waals surface area contributed by atoms with Crippen molar-refractivity contribution >= 4 is 5.97 Å². The summed E-state index contributed by atoms with van der Waals surface area (Å²) in [5, 5.41) is 3.93. The molecule has 2 rings (SSSR count). The van der Waals surface area contributed by atoms with Crippen molar-refractivity contribution in [3.05, 3.63) is 41.0 Å². The van der Waals surface area contributed by atoms with Crippen LogP contribution >= 0.6 is 0 Å². The molecule has 0 radical (unpaired) electrons. The first-order valence-electron chi connectivity index (χ1n) is 8.85. The van der Waals surface area contributed by atoms with Gasteiger partial charge in [-0.3, -0.25) is 0 Å². The molecule has 6 nitrogen and oxygen atoms in total. The predicted molar refractivity (Wildman–Crippen MR) is 98.3 cm³/mol. The molecule has 0 aliphatic carbocycles. The zero-order valence-corrected chi connectivity index (χ0v) is 16.6. The monoisotopic (exact) mass is 360 g/mol. The lowest BCUT2D eigenvalue weighted by molar-refractivity contribution is -0.152. The third kappa shape index (κ3) is 5.07. The number of esters is 1. The van der Waals surface area contributed by atoms with Crippen LogP contribution < -0.4 is 4.74 Å². The van der Waals surface area contributed by atoms with Gasteiger partial charge in [0.15, 0.2) is 18.5 Å². The Bertz CT molecular complexity index is 759. The Morgan fingerprint density at radius 1 is 1.23 bits per heavy atom. The van der Waals surface area contributed by atoms with E-state index >= 15 is 0 Å². The normalized spacial score (nSPS) is 12.9. The second-order valence-corrected chi connectivity index (χ2v) is 7.80. The van der Waals surface area contributed by atoms with E-state index in [1.54, 1.807) is 6.92 Å². The number of nitrogens with zero attached hydrogens (tertiary/aromatic N) is 2. The first-order chi connectivity index (χ1) is 12.1. The van der Waals surface area contributed by atoms with Gasteiger partial charge in [0.25, 0.3) is 5.89 Å². The van der Waals surface area contributed by atoms with Crippen molar-refractivity contribution in [3.8, 4) is 5.75 Å². The number of carbonyl (C=O) groups is 1. The number of ether oxygens (including phenoxy) is 2. The Balaban J connectivity index is 1.90. The van der Waals surface area contributed by atoms with Crippen LogP contribution in [-0.4, -0.2) is 22.7 Å². The van der Waals surface area contributed by atoms with Crippen molar-refractivity contribution in [3.63, 3.8) is 0 Å². The number of hydrogen-bond donors (Lipinski definition) is 0. The molecule has 2 aromatic rings. The van der Waals surface area contributed by atoms with Gasteiger partial charge in [0.05, 0.1) is 0 Å². The molecule has 1 unspecified atom stereocenters. The van der Waals surface area contributed by atoms with E-state index in [1.807, 2.05) is 45.9 Å². The van der Waals surface area contributed by atoms with Crippen LogP contribution in [0.2, 0.25) is 0 Å². The second-order valence-electron chi connectivity index (χ2n) is 7.80. The van der Waals surface area contributed by atoms with E-state index in [0.717, 1.165) is 5.56 Å². The average molecular weight is 360 g/mol. The Morgan fingerprint density at radius 2 is 1.92 bits per heavy atom. The van der Waals surface area contributed by atoms with Gasteiger partial charge in [-0.2, -0.15) is 4.98 Å². The Hall–Kier alpha value is -2.37. The molecule has 26 heavy (non-hydrogen) atoms. The van der Waals surface area contributed by atoms with Crippen LogP contribution in [0.4, 0.5) is 0 Å². The van der Waals surface area contributed by atoms with Gasteiger partial charge in [0.2, 0.25) is 0 Å². The van der Waals surface area contributed by atoms with E-state index in [9.17, 15) is 4.79 Å². The highest BCUT2D eigenvalue weighted by molar-refractivity contribution is 5.71. The molecule has 0 aliphatic rings. The molecular formula is C20H28N2O4. The quantitative estimate of drug-likeness (QED) is 0.707. The standard InChI is InChI=1S/C20H28N2O4/c1-12(2)16-9-8-15(10-13(16)3)24-11-17(23)25-14(4)18-21-19(22-26-18)20(5,6)7/h8-10,12,14H,11H2,1-7H3. The third-order valence-corrected chi connectivity index (χ3v) is 3.99. The molecule has 142 valence electrons. The highest BCUT2D eigenvalue weighted by Gasteiger charge is 2.24. The van der Waals surface area contributed by atoms with E-state index < -0.39 is 12.1 Å². The van der Waals surface area contributed by atoms with Crippen molar-refractivity contribution in [1.29, 1.82) is 0 Å². The molecule has 1 heterocycles. The summed E-state index contributed by atoms with van der Waals surface area (Å²) in [7, 11) is 0. The van der Waals surface area contributed by atoms with Crippen LogP contribution in [0.15, 0.2) is 22.7 Å². The number of benzene rings is 1. The fourth-order valence-corrected chi connectivity index (χ4v) is 2.51. The highest BCUT2D eigenvalue weighted by Crippen LogP contribution is 2.24. The van der Waals surface area contributed by atoms with Crippen molar-refractivity contribution < 1.29 is 18.8 Å². The van der Waals surface area contributed by atoms with Crippen LogP contribution in [-0.2, 0) is 14.9 Å². The van der Waals surface area contributed by atoms with Crippen LogP contribution in [0, 0.1) is 6.92 Å². The molecule has 0 saturated carbocycles. The smallest absolute Gasteiger partial charge is 0.344 e. The van der Waals surface area contributed by atoms with E-state index in [2.05, 4.69) is 24.0 Å². The lowest BCUT2D eigenvalue weighted by atomic mass is 9.96. The maximum atomic E-state index is 12.0. The fraction of sp³-hybridized carbons (Fsp3) is 0.550. The Morgan fingerprint density at radius 3 is 2.46 bits per heavy atom. The van der Waals surface area contributed by atoms with E-state index in [0.29, 0.717) is 17.5 Å². The van der Waals surface area contributed by atoms with Gasteiger partial charge >= 0.3 is 5.97 Å². The maximum absolute atomic E-state index is 12.0. The van der Waals surface area contributed by atoms with Gasteiger partial charge in [-0.1, -0.05) is 45.8 Å². The lowest BCUT2D eigenvalue weighted by Crippen LogP contribution is -2.17. The number of hydrogen-bond acceptors (Lipinski definition) is 6. The van der Waals surface area contributed by atoms with E-state index in [-0.39, 0.29) is 17.9 Å². The van der Waals surface area contributed by atoms with Crippen LogP contribution in [0.25, 0.3) is 0 Å². The minimum Gasteiger partial charge on any atom is -0.482 e. The SMILES string of the molecule is Cc1cc(OCC(=O)OC(C)c2nc(C(C)(C)C)no2)ccc1C(C)C. The van der Waals surface area contributed by atoms with Gasteiger partial charge in [-0.25, -0.2) is 4.79 Å². The number of aromatic nitrogens is 2. The zero-order valence-electron chi connectivity index (χ0n) is 16.6. The summed E-state index contributed by atoms with van der Waals surface area (Å²) in [6, 6.07) is 5.82. The molecule has 1 aromatic heterocycles.